The van der Waals surface area contributed by atoms with Crippen LogP contribution in [0, 0.1) is 6.92 Å². The maximum atomic E-state index is 12.9. The van der Waals surface area contributed by atoms with E-state index in [9.17, 15) is 8.42 Å². The van der Waals surface area contributed by atoms with Crippen molar-refractivity contribution in [2.75, 3.05) is 10.0 Å². The Morgan fingerprint density at radius 3 is 2.07 bits per heavy atom. The van der Waals surface area contributed by atoms with E-state index in [-0.39, 0.29) is 10.7 Å². The average Bonchev–Trinajstić information content (AvgIpc) is 2.73. The summed E-state index contributed by atoms with van der Waals surface area (Å²) in [5, 5.41) is 3.83. The van der Waals surface area contributed by atoms with Gasteiger partial charge < -0.3 is 5.32 Å². The molecule has 4 rings (SSSR count). The van der Waals surface area contributed by atoms with Crippen molar-refractivity contribution in [3.8, 4) is 0 Å². The van der Waals surface area contributed by atoms with Gasteiger partial charge in [-0.2, -0.15) is 0 Å². The first-order chi connectivity index (χ1) is 14.4. The van der Waals surface area contributed by atoms with Crippen LogP contribution in [0.5, 0.6) is 0 Å². The number of sulfonamides is 1. The van der Waals surface area contributed by atoms with Crippen molar-refractivity contribution >= 4 is 44.3 Å². The Balaban J connectivity index is 1.68. The van der Waals surface area contributed by atoms with Crippen molar-refractivity contribution in [2.45, 2.75) is 18.4 Å². The third-order valence-corrected chi connectivity index (χ3v) is 6.11. The fourth-order valence-corrected chi connectivity index (χ4v) is 4.02. The van der Waals surface area contributed by atoms with Crippen LogP contribution in [-0.2, 0) is 16.6 Å². The van der Waals surface area contributed by atoms with Crippen molar-refractivity contribution in [3.63, 3.8) is 0 Å². The number of benzene rings is 3. The molecule has 0 saturated carbocycles. The number of rotatable bonds is 6. The number of hydrogen-bond donors (Lipinski definition) is 2. The van der Waals surface area contributed by atoms with Crippen LogP contribution in [-0.4, -0.2) is 18.4 Å². The first-order valence-corrected chi connectivity index (χ1v) is 11.1. The Kier molecular flexibility index (Phi) is 5.57. The van der Waals surface area contributed by atoms with Gasteiger partial charge in [-0.1, -0.05) is 53.6 Å². The molecule has 1 heterocycles. The molecular formula is C22H19ClN4O2S. The van der Waals surface area contributed by atoms with E-state index in [0.29, 0.717) is 28.4 Å². The second-order valence-electron chi connectivity index (χ2n) is 6.81. The molecule has 2 N–H and O–H groups in total. The number of aromatic nitrogens is 2. The van der Waals surface area contributed by atoms with Gasteiger partial charge in [-0.15, -0.1) is 0 Å². The van der Waals surface area contributed by atoms with Crippen molar-refractivity contribution in [3.05, 3.63) is 88.9 Å². The number of para-hydroxylation sites is 2. The van der Waals surface area contributed by atoms with E-state index in [1.165, 1.54) is 0 Å². The Bertz CT molecular complexity index is 1290. The van der Waals surface area contributed by atoms with Crippen LogP contribution < -0.4 is 10.0 Å². The summed E-state index contributed by atoms with van der Waals surface area (Å²) in [5.41, 5.74) is 3.21. The summed E-state index contributed by atoms with van der Waals surface area (Å²) in [4.78, 5) is 9.23. The quantitative estimate of drug-likeness (QED) is 0.442. The number of halogens is 1. The second-order valence-corrected chi connectivity index (χ2v) is 8.93. The van der Waals surface area contributed by atoms with Crippen LogP contribution >= 0.6 is 11.6 Å². The van der Waals surface area contributed by atoms with Crippen LogP contribution in [0.2, 0.25) is 5.02 Å². The smallest absolute Gasteiger partial charge is 0.263 e. The molecule has 0 radical (unpaired) electrons. The Morgan fingerprint density at radius 2 is 1.43 bits per heavy atom. The summed E-state index contributed by atoms with van der Waals surface area (Å²) in [5.74, 6) is 0.488. The second kappa shape index (κ2) is 8.30. The summed E-state index contributed by atoms with van der Waals surface area (Å²) >= 11 is 5.94. The lowest BCUT2D eigenvalue weighted by Gasteiger charge is -2.14. The van der Waals surface area contributed by atoms with E-state index < -0.39 is 10.0 Å². The summed E-state index contributed by atoms with van der Waals surface area (Å²) in [7, 11) is -3.82. The lowest BCUT2D eigenvalue weighted by Crippen LogP contribution is -2.16. The number of nitrogens with zero attached hydrogens (tertiary/aromatic N) is 2. The highest BCUT2D eigenvalue weighted by atomic mass is 35.5. The zero-order valence-electron chi connectivity index (χ0n) is 16.1. The molecule has 6 nitrogen and oxygen atoms in total. The SMILES string of the molecule is Cc1ccc(S(=O)(=O)Nc2nc3ccccc3nc2NCc2ccc(Cl)cc2)cc1. The minimum absolute atomic E-state index is 0.142. The monoisotopic (exact) mass is 438 g/mol. The lowest BCUT2D eigenvalue weighted by molar-refractivity contribution is 0.601. The van der Waals surface area contributed by atoms with Gasteiger partial charge in [0.2, 0.25) is 0 Å². The highest BCUT2D eigenvalue weighted by molar-refractivity contribution is 7.92. The molecule has 0 fully saturated rings. The van der Waals surface area contributed by atoms with Crippen molar-refractivity contribution in [1.29, 1.82) is 0 Å². The molecule has 4 aromatic rings. The first-order valence-electron chi connectivity index (χ1n) is 9.25. The van der Waals surface area contributed by atoms with Crippen molar-refractivity contribution in [1.82, 2.24) is 9.97 Å². The molecule has 1 aromatic heterocycles. The van der Waals surface area contributed by atoms with Crippen LogP contribution in [0.3, 0.4) is 0 Å². The summed E-state index contributed by atoms with van der Waals surface area (Å²) in [6, 6.07) is 21.3. The molecule has 30 heavy (non-hydrogen) atoms. The molecule has 0 aliphatic rings. The predicted molar refractivity (Wildman–Crippen MR) is 120 cm³/mol. The van der Waals surface area contributed by atoms with E-state index in [4.69, 9.17) is 11.6 Å². The minimum atomic E-state index is -3.82. The number of fused-ring (bicyclic) bond motifs is 1. The van der Waals surface area contributed by atoms with E-state index in [2.05, 4.69) is 20.0 Å². The number of anilines is 2. The van der Waals surface area contributed by atoms with Crippen LogP contribution in [0.25, 0.3) is 11.0 Å². The van der Waals surface area contributed by atoms with Gasteiger partial charge in [-0.05, 0) is 48.9 Å². The van der Waals surface area contributed by atoms with Crippen LogP contribution in [0.15, 0.2) is 77.7 Å². The number of aryl methyl sites for hydroxylation is 1. The Morgan fingerprint density at radius 1 is 0.833 bits per heavy atom. The van der Waals surface area contributed by atoms with Crippen LogP contribution in [0.4, 0.5) is 11.6 Å². The first kappa shape index (κ1) is 20.1. The maximum Gasteiger partial charge on any atom is 0.263 e. The Labute approximate surface area is 180 Å². The lowest BCUT2D eigenvalue weighted by atomic mass is 10.2. The molecule has 0 spiro atoms. The van der Waals surface area contributed by atoms with Gasteiger partial charge in [0.1, 0.15) is 0 Å². The van der Waals surface area contributed by atoms with E-state index in [1.807, 2.05) is 37.3 Å². The average molecular weight is 439 g/mol. The third-order valence-electron chi connectivity index (χ3n) is 4.51. The largest absolute Gasteiger partial charge is 0.363 e. The molecule has 0 atom stereocenters. The minimum Gasteiger partial charge on any atom is -0.363 e. The molecular weight excluding hydrogens is 420 g/mol. The number of hydrogen-bond acceptors (Lipinski definition) is 5. The summed E-state index contributed by atoms with van der Waals surface area (Å²) in [6.07, 6.45) is 0. The number of nitrogens with one attached hydrogen (secondary N) is 2. The normalized spacial score (nSPS) is 11.4. The van der Waals surface area contributed by atoms with Crippen molar-refractivity contribution < 1.29 is 8.42 Å². The maximum absolute atomic E-state index is 12.9. The van der Waals surface area contributed by atoms with Gasteiger partial charge in [0.05, 0.1) is 15.9 Å². The summed E-state index contributed by atoms with van der Waals surface area (Å²) in [6.45, 7) is 2.33. The molecule has 0 aliphatic heterocycles. The fourth-order valence-electron chi connectivity index (χ4n) is 2.89. The predicted octanol–water partition coefficient (Wildman–Crippen LogP) is 5.00. The van der Waals surface area contributed by atoms with Gasteiger partial charge in [-0.25, -0.2) is 18.4 Å². The zero-order valence-corrected chi connectivity index (χ0v) is 17.7. The Hall–Kier alpha value is -3.16. The molecule has 0 aliphatic carbocycles. The van der Waals surface area contributed by atoms with Crippen molar-refractivity contribution in [2.24, 2.45) is 0 Å². The van der Waals surface area contributed by atoms with Gasteiger partial charge in [0, 0.05) is 11.6 Å². The van der Waals surface area contributed by atoms with Gasteiger partial charge >= 0.3 is 0 Å². The topological polar surface area (TPSA) is 84.0 Å². The summed E-state index contributed by atoms with van der Waals surface area (Å²) < 4.78 is 28.4. The fraction of sp³-hybridized carbons (Fsp3) is 0.0909. The van der Waals surface area contributed by atoms with Gasteiger partial charge in [0.25, 0.3) is 10.0 Å². The van der Waals surface area contributed by atoms with Gasteiger partial charge in [-0.3, -0.25) is 4.72 Å². The van der Waals surface area contributed by atoms with Gasteiger partial charge in [0.15, 0.2) is 11.6 Å². The van der Waals surface area contributed by atoms with E-state index >= 15 is 0 Å². The van der Waals surface area contributed by atoms with E-state index in [1.54, 1.807) is 42.5 Å². The van der Waals surface area contributed by atoms with E-state index in [0.717, 1.165) is 11.1 Å². The zero-order chi connectivity index (χ0) is 21.1. The molecule has 3 aromatic carbocycles. The molecule has 0 unspecified atom stereocenters. The molecule has 0 bridgehead atoms. The highest BCUT2D eigenvalue weighted by Crippen LogP contribution is 2.25. The standard InChI is InChI=1S/C22H19ClN4O2S/c1-15-6-12-18(13-7-15)30(28,29)27-22-21(24-14-16-8-10-17(23)11-9-16)25-19-4-2-3-5-20(19)26-22/h2-13H,14H2,1H3,(H,24,25)(H,26,27). The highest BCUT2D eigenvalue weighted by Gasteiger charge is 2.18. The molecule has 0 saturated heterocycles. The molecule has 152 valence electrons. The molecule has 8 heteroatoms. The third kappa shape index (κ3) is 4.53. The van der Waals surface area contributed by atoms with Crippen LogP contribution in [0.1, 0.15) is 11.1 Å². The molecule has 0 amide bonds.